The molecule has 2 aliphatic rings. The number of carbonyl (C=O) groups excluding carboxylic acids is 2. The molecule has 1 saturated carbocycles. The zero-order chi connectivity index (χ0) is 24.5. The van der Waals surface area contributed by atoms with Crippen LogP contribution in [0.25, 0.3) is 0 Å². The quantitative estimate of drug-likeness (QED) is 0.472. The van der Waals surface area contributed by atoms with Crippen molar-refractivity contribution in [3.05, 3.63) is 63.6 Å². The highest BCUT2D eigenvalue weighted by molar-refractivity contribution is 6.42. The van der Waals surface area contributed by atoms with E-state index in [1.54, 1.807) is 24.3 Å². The highest BCUT2D eigenvalue weighted by atomic mass is 35.5. The van der Waals surface area contributed by atoms with Gasteiger partial charge in [0.15, 0.2) is 0 Å². The summed E-state index contributed by atoms with van der Waals surface area (Å²) in [6, 6.07) is 12.6. The number of nitrogens with zero attached hydrogens (tertiary/aromatic N) is 1. The van der Waals surface area contributed by atoms with Crippen molar-refractivity contribution in [2.75, 3.05) is 20.1 Å². The van der Waals surface area contributed by atoms with Crippen molar-refractivity contribution in [2.45, 2.75) is 56.1 Å². The first-order chi connectivity index (χ1) is 16.1. The minimum atomic E-state index is -0.945. The number of likely N-dealkylation sites (tertiary alicyclic amines) is 1. The Morgan fingerprint density at radius 3 is 2.71 bits per heavy atom. The zero-order valence-corrected chi connectivity index (χ0v) is 21.0. The SMILES string of the molecule is CC(=O)Oc1cccc([C@@]23CCN(C)C[C@@]2(O)CC[C@@H](NC(=O)Cc2ccc(Cl)c(Cl)c2)C3)c1. The fourth-order valence-electron chi connectivity index (χ4n) is 5.63. The summed E-state index contributed by atoms with van der Waals surface area (Å²) < 4.78 is 5.33. The Kier molecular flexibility index (Phi) is 7.25. The number of piperidine rings is 1. The van der Waals surface area contributed by atoms with E-state index in [0.717, 1.165) is 24.1 Å². The number of hydrogen-bond acceptors (Lipinski definition) is 5. The topological polar surface area (TPSA) is 78.9 Å². The summed E-state index contributed by atoms with van der Waals surface area (Å²) in [6.45, 7) is 2.75. The number of fused-ring (bicyclic) bond motifs is 1. The molecule has 4 rings (SSSR count). The number of hydrogen-bond donors (Lipinski definition) is 2. The minimum Gasteiger partial charge on any atom is -0.427 e. The molecule has 6 nitrogen and oxygen atoms in total. The molecule has 1 saturated heterocycles. The lowest BCUT2D eigenvalue weighted by molar-refractivity contribution is -0.132. The predicted molar refractivity (Wildman–Crippen MR) is 132 cm³/mol. The Morgan fingerprint density at radius 1 is 1.18 bits per heavy atom. The van der Waals surface area contributed by atoms with Crippen molar-refractivity contribution in [3.63, 3.8) is 0 Å². The van der Waals surface area contributed by atoms with E-state index >= 15 is 0 Å². The van der Waals surface area contributed by atoms with E-state index in [1.165, 1.54) is 6.92 Å². The van der Waals surface area contributed by atoms with E-state index in [-0.39, 0.29) is 24.3 Å². The highest BCUT2D eigenvalue weighted by Gasteiger charge is 2.57. The molecule has 2 N–H and O–H groups in total. The van der Waals surface area contributed by atoms with E-state index in [0.29, 0.717) is 41.6 Å². The lowest BCUT2D eigenvalue weighted by Gasteiger charge is -2.57. The molecule has 2 aromatic carbocycles. The van der Waals surface area contributed by atoms with Crippen LogP contribution in [0, 0.1) is 0 Å². The standard InChI is InChI=1S/C26H30Cl2N2O4/c1-17(31)34-21-5-3-4-19(14-21)25-10-11-30(2)16-26(25,33)9-8-20(15-25)29-24(32)13-18-6-7-22(27)23(28)12-18/h3-7,12,14,20,33H,8-11,13,15-16H2,1-2H3,(H,29,32)/t20-,25+,26+/m1/s1. The van der Waals surface area contributed by atoms with Crippen LogP contribution < -0.4 is 10.1 Å². The Morgan fingerprint density at radius 2 is 1.97 bits per heavy atom. The molecular weight excluding hydrogens is 475 g/mol. The highest BCUT2D eigenvalue weighted by Crippen LogP contribution is 2.52. The first-order valence-corrected chi connectivity index (χ1v) is 12.3. The van der Waals surface area contributed by atoms with Gasteiger partial charge in [0.05, 0.1) is 22.1 Å². The number of esters is 1. The Hall–Kier alpha value is -2.12. The largest absolute Gasteiger partial charge is 0.427 e. The van der Waals surface area contributed by atoms with Crippen LogP contribution in [0.15, 0.2) is 42.5 Å². The number of benzene rings is 2. The number of amides is 1. The van der Waals surface area contributed by atoms with Gasteiger partial charge in [-0.3, -0.25) is 9.59 Å². The second-order valence-electron chi connectivity index (χ2n) is 9.66. The maximum atomic E-state index is 12.9. The van der Waals surface area contributed by atoms with Gasteiger partial charge in [-0.25, -0.2) is 0 Å². The molecule has 0 bridgehead atoms. The number of ether oxygens (including phenoxy) is 1. The van der Waals surface area contributed by atoms with E-state index in [4.69, 9.17) is 27.9 Å². The van der Waals surface area contributed by atoms with Gasteiger partial charge in [0.2, 0.25) is 5.91 Å². The van der Waals surface area contributed by atoms with Crippen LogP contribution >= 0.6 is 23.2 Å². The Labute approximate surface area is 210 Å². The van der Waals surface area contributed by atoms with E-state index in [1.807, 2.05) is 25.2 Å². The predicted octanol–water partition coefficient (Wildman–Crippen LogP) is 4.13. The smallest absolute Gasteiger partial charge is 0.308 e. The summed E-state index contributed by atoms with van der Waals surface area (Å²) in [7, 11) is 2.02. The van der Waals surface area contributed by atoms with Crippen molar-refractivity contribution in [2.24, 2.45) is 0 Å². The monoisotopic (exact) mass is 504 g/mol. The summed E-state index contributed by atoms with van der Waals surface area (Å²) in [5, 5.41) is 16.0. The van der Waals surface area contributed by atoms with Gasteiger partial charge in [0, 0.05) is 24.9 Å². The third-order valence-electron chi connectivity index (χ3n) is 7.21. The van der Waals surface area contributed by atoms with Crippen LogP contribution in [0.5, 0.6) is 5.75 Å². The van der Waals surface area contributed by atoms with Crippen molar-refractivity contribution >= 4 is 35.1 Å². The van der Waals surface area contributed by atoms with Crippen molar-refractivity contribution < 1.29 is 19.4 Å². The molecule has 182 valence electrons. The molecule has 34 heavy (non-hydrogen) atoms. The maximum Gasteiger partial charge on any atom is 0.308 e. The third kappa shape index (κ3) is 5.10. The summed E-state index contributed by atoms with van der Waals surface area (Å²) >= 11 is 12.1. The van der Waals surface area contributed by atoms with Gasteiger partial charge in [-0.1, -0.05) is 41.4 Å². The van der Waals surface area contributed by atoms with Crippen LogP contribution in [0.4, 0.5) is 0 Å². The molecular formula is C26H30Cl2N2O4. The number of nitrogens with one attached hydrogen (secondary N) is 1. The fourth-order valence-corrected chi connectivity index (χ4v) is 5.95. The van der Waals surface area contributed by atoms with Crippen molar-refractivity contribution in [1.29, 1.82) is 0 Å². The molecule has 1 aliphatic heterocycles. The molecule has 0 spiro atoms. The second-order valence-corrected chi connectivity index (χ2v) is 10.5. The molecule has 2 fully saturated rings. The van der Waals surface area contributed by atoms with Crippen LogP contribution in [0.1, 0.15) is 43.7 Å². The van der Waals surface area contributed by atoms with Crippen LogP contribution in [-0.4, -0.2) is 53.7 Å². The van der Waals surface area contributed by atoms with Gasteiger partial charge in [-0.05, 0) is 74.7 Å². The number of aliphatic hydroxyl groups is 1. The summed E-state index contributed by atoms with van der Waals surface area (Å²) in [5.41, 5.74) is 0.225. The van der Waals surface area contributed by atoms with E-state index < -0.39 is 11.0 Å². The van der Waals surface area contributed by atoms with Gasteiger partial charge in [-0.2, -0.15) is 0 Å². The van der Waals surface area contributed by atoms with Gasteiger partial charge < -0.3 is 20.1 Å². The van der Waals surface area contributed by atoms with Gasteiger partial charge in [0.1, 0.15) is 5.75 Å². The number of carbonyl (C=O) groups is 2. The lowest BCUT2D eigenvalue weighted by Crippen LogP contribution is -2.66. The van der Waals surface area contributed by atoms with Crippen molar-refractivity contribution in [1.82, 2.24) is 10.2 Å². The molecule has 0 aromatic heterocycles. The van der Waals surface area contributed by atoms with E-state index in [2.05, 4.69) is 10.2 Å². The third-order valence-corrected chi connectivity index (χ3v) is 7.94. The molecule has 1 amide bonds. The molecule has 0 radical (unpaired) electrons. The molecule has 8 heteroatoms. The molecule has 1 aliphatic carbocycles. The summed E-state index contributed by atoms with van der Waals surface area (Å²) in [6.07, 6.45) is 2.79. The number of halogens is 2. The molecule has 2 aromatic rings. The maximum absolute atomic E-state index is 12.9. The number of rotatable bonds is 5. The van der Waals surface area contributed by atoms with Gasteiger partial charge in [-0.15, -0.1) is 0 Å². The van der Waals surface area contributed by atoms with Crippen LogP contribution in [-0.2, 0) is 21.4 Å². The number of likely N-dealkylation sites (N-methyl/N-ethyl adjacent to an activating group) is 1. The fraction of sp³-hybridized carbons (Fsp3) is 0.462. The lowest BCUT2D eigenvalue weighted by atomic mass is 9.55. The number of β-amino-alcohol motifs (C(OH)–C–C–N with tert-alkyl or cyclic N) is 1. The molecule has 1 heterocycles. The average Bonchev–Trinajstić information content (AvgIpc) is 2.76. The van der Waals surface area contributed by atoms with Gasteiger partial charge >= 0.3 is 5.97 Å². The summed E-state index contributed by atoms with van der Waals surface area (Å²) in [4.78, 5) is 26.5. The first-order valence-electron chi connectivity index (χ1n) is 11.5. The normalized spacial score (nSPS) is 27.0. The Balaban J connectivity index is 1.57. The van der Waals surface area contributed by atoms with E-state index in [9.17, 15) is 14.7 Å². The molecule has 0 unspecified atom stereocenters. The van der Waals surface area contributed by atoms with Crippen LogP contribution in [0.3, 0.4) is 0 Å². The second kappa shape index (κ2) is 9.86. The summed E-state index contributed by atoms with van der Waals surface area (Å²) in [5.74, 6) is -0.0126. The Bertz CT molecular complexity index is 1090. The molecule has 3 atom stereocenters. The van der Waals surface area contributed by atoms with Crippen molar-refractivity contribution in [3.8, 4) is 5.75 Å². The zero-order valence-electron chi connectivity index (χ0n) is 19.4. The minimum absolute atomic E-state index is 0.0867. The first kappa shape index (κ1) is 25.0. The average molecular weight is 505 g/mol. The van der Waals surface area contributed by atoms with Crippen LogP contribution in [0.2, 0.25) is 10.0 Å². The van der Waals surface area contributed by atoms with Gasteiger partial charge in [0.25, 0.3) is 0 Å².